The van der Waals surface area contributed by atoms with E-state index in [-0.39, 0.29) is 19.4 Å². The van der Waals surface area contributed by atoms with Gasteiger partial charge in [0.1, 0.15) is 6.29 Å². The van der Waals surface area contributed by atoms with Gasteiger partial charge in [0.25, 0.3) is 0 Å². The van der Waals surface area contributed by atoms with Crippen LogP contribution in [-0.4, -0.2) is 29.3 Å². The van der Waals surface area contributed by atoms with Crippen molar-refractivity contribution < 1.29 is 19.1 Å². The molecule has 3 rings (SSSR count). The van der Waals surface area contributed by atoms with Gasteiger partial charge in [0.05, 0.1) is 18.9 Å². The molecule has 1 heterocycles. The van der Waals surface area contributed by atoms with Crippen molar-refractivity contribution in [2.75, 3.05) is 6.61 Å². The first-order valence-corrected chi connectivity index (χ1v) is 10.0. The predicted octanol–water partition coefficient (Wildman–Crippen LogP) is 3.26. The van der Waals surface area contributed by atoms with Crippen LogP contribution in [0.2, 0.25) is 0 Å². The third-order valence-electron chi connectivity index (χ3n) is 5.32. The van der Waals surface area contributed by atoms with Gasteiger partial charge in [-0.15, -0.1) is 0 Å². The molecular weight excluding hydrogens is 380 g/mol. The fourth-order valence-corrected chi connectivity index (χ4v) is 3.98. The third kappa shape index (κ3) is 4.27. The van der Waals surface area contributed by atoms with Gasteiger partial charge in [-0.2, -0.15) is 0 Å². The zero-order valence-electron chi connectivity index (χ0n) is 17.3. The molecule has 0 aliphatic carbocycles. The Balaban J connectivity index is 2.24. The number of primary amides is 1. The molecule has 0 spiro atoms. The lowest BCUT2D eigenvalue weighted by Gasteiger charge is -2.16. The molecule has 0 saturated heterocycles. The van der Waals surface area contributed by atoms with E-state index >= 15 is 0 Å². The molecule has 156 valence electrons. The zero-order valence-corrected chi connectivity index (χ0v) is 17.3. The molecule has 0 saturated carbocycles. The maximum absolute atomic E-state index is 12.6. The number of benzene rings is 2. The summed E-state index contributed by atoms with van der Waals surface area (Å²) in [6, 6.07) is 15.6. The summed E-state index contributed by atoms with van der Waals surface area (Å²) >= 11 is 0. The monoisotopic (exact) mass is 406 g/mol. The molecule has 1 unspecified atom stereocenters. The summed E-state index contributed by atoms with van der Waals surface area (Å²) in [5, 5.41) is 0.796. The number of ether oxygens (including phenoxy) is 1. The standard InChI is InChI=1S/C24H26N2O4/c1-3-30-24(29)19(12-13-27)18-10-7-11-21-23(18)20(14-22(25)28)16(2)26(21)15-17-8-5-4-6-9-17/h4-11,13,19H,3,12,14-15H2,1-2H3,(H2,25,28). The van der Waals surface area contributed by atoms with Crippen LogP contribution in [0, 0.1) is 6.92 Å². The molecule has 6 heteroatoms. The van der Waals surface area contributed by atoms with E-state index in [1.54, 1.807) is 6.92 Å². The number of nitrogens with two attached hydrogens (primary N) is 1. The summed E-state index contributed by atoms with van der Waals surface area (Å²) in [6.45, 7) is 4.52. The molecular formula is C24H26N2O4. The van der Waals surface area contributed by atoms with Crippen molar-refractivity contribution in [1.82, 2.24) is 4.57 Å². The average Bonchev–Trinajstić information content (AvgIpc) is 2.98. The molecule has 1 aromatic heterocycles. The molecule has 6 nitrogen and oxygen atoms in total. The first kappa shape index (κ1) is 21.3. The second-order valence-electron chi connectivity index (χ2n) is 7.23. The molecule has 2 N–H and O–H groups in total. The lowest BCUT2D eigenvalue weighted by Crippen LogP contribution is -2.18. The van der Waals surface area contributed by atoms with Gasteiger partial charge in [0.15, 0.2) is 0 Å². The number of aromatic nitrogens is 1. The van der Waals surface area contributed by atoms with Gasteiger partial charge in [-0.3, -0.25) is 9.59 Å². The molecule has 1 amide bonds. The summed E-state index contributed by atoms with van der Waals surface area (Å²) in [5.41, 5.74) is 9.93. The molecule has 0 aliphatic rings. The second kappa shape index (κ2) is 9.39. The van der Waals surface area contributed by atoms with Crippen LogP contribution in [0.15, 0.2) is 48.5 Å². The minimum Gasteiger partial charge on any atom is -0.466 e. The van der Waals surface area contributed by atoms with E-state index in [9.17, 15) is 14.4 Å². The number of rotatable bonds is 9. The predicted molar refractivity (Wildman–Crippen MR) is 115 cm³/mol. The first-order chi connectivity index (χ1) is 14.5. The number of carbonyl (C=O) groups excluding carboxylic acids is 3. The van der Waals surface area contributed by atoms with Crippen LogP contribution >= 0.6 is 0 Å². The lowest BCUT2D eigenvalue weighted by atomic mass is 9.90. The quantitative estimate of drug-likeness (QED) is 0.436. The Bertz CT molecular complexity index is 1070. The number of carbonyl (C=O) groups is 3. The van der Waals surface area contributed by atoms with E-state index in [0.717, 1.165) is 34.0 Å². The van der Waals surface area contributed by atoms with Crippen molar-refractivity contribution in [1.29, 1.82) is 0 Å². The summed E-state index contributed by atoms with van der Waals surface area (Å²) in [5.74, 6) is -1.63. The summed E-state index contributed by atoms with van der Waals surface area (Å²) in [4.78, 5) is 35.8. The van der Waals surface area contributed by atoms with E-state index in [1.807, 2.05) is 55.5 Å². The fraction of sp³-hybridized carbons (Fsp3) is 0.292. The number of aldehydes is 1. The summed E-state index contributed by atoms with van der Waals surface area (Å²) in [6.07, 6.45) is 0.788. The van der Waals surface area contributed by atoms with E-state index < -0.39 is 17.8 Å². The van der Waals surface area contributed by atoms with E-state index in [1.165, 1.54) is 0 Å². The van der Waals surface area contributed by atoms with Crippen molar-refractivity contribution in [2.45, 2.75) is 39.2 Å². The van der Waals surface area contributed by atoms with Crippen molar-refractivity contribution in [2.24, 2.45) is 5.73 Å². The van der Waals surface area contributed by atoms with Crippen LogP contribution in [0.25, 0.3) is 10.9 Å². The zero-order chi connectivity index (χ0) is 21.7. The lowest BCUT2D eigenvalue weighted by molar-refractivity contribution is -0.145. The summed E-state index contributed by atoms with van der Waals surface area (Å²) in [7, 11) is 0. The number of hydrogen-bond donors (Lipinski definition) is 1. The minimum atomic E-state index is -0.732. The summed E-state index contributed by atoms with van der Waals surface area (Å²) < 4.78 is 7.34. The van der Waals surface area contributed by atoms with Crippen molar-refractivity contribution in [3.05, 3.63) is 70.9 Å². The van der Waals surface area contributed by atoms with Crippen LogP contribution < -0.4 is 5.73 Å². The highest BCUT2D eigenvalue weighted by Gasteiger charge is 2.27. The Morgan fingerprint density at radius 2 is 1.87 bits per heavy atom. The van der Waals surface area contributed by atoms with Gasteiger partial charge in [0.2, 0.25) is 5.91 Å². The first-order valence-electron chi connectivity index (χ1n) is 10.0. The van der Waals surface area contributed by atoms with Crippen LogP contribution in [0.5, 0.6) is 0 Å². The minimum absolute atomic E-state index is 0.0108. The normalized spacial score (nSPS) is 11.9. The Hall–Kier alpha value is -3.41. The van der Waals surface area contributed by atoms with Crippen molar-refractivity contribution >= 4 is 29.1 Å². The largest absolute Gasteiger partial charge is 0.466 e. The molecule has 0 fully saturated rings. The highest BCUT2D eigenvalue weighted by molar-refractivity contribution is 5.96. The van der Waals surface area contributed by atoms with Crippen molar-refractivity contribution in [3.8, 4) is 0 Å². The Kier molecular flexibility index (Phi) is 6.67. The van der Waals surface area contributed by atoms with Gasteiger partial charge in [-0.25, -0.2) is 0 Å². The van der Waals surface area contributed by atoms with Gasteiger partial charge in [-0.1, -0.05) is 42.5 Å². The number of amides is 1. The Labute approximate surface area is 175 Å². The number of nitrogens with zero attached hydrogens (tertiary/aromatic N) is 1. The second-order valence-corrected chi connectivity index (χ2v) is 7.23. The van der Waals surface area contributed by atoms with Crippen LogP contribution in [0.3, 0.4) is 0 Å². The SMILES string of the molecule is CCOC(=O)C(CC=O)c1cccc2c1c(CC(N)=O)c(C)n2Cc1ccccc1. The average molecular weight is 406 g/mol. The van der Waals surface area contributed by atoms with E-state index in [2.05, 4.69) is 4.57 Å². The van der Waals surface area contributed by atoms with Gasteiger partial charge in [-0.05, 0) is 36.6 Å². The molecule has 0 aliphatic heterocycles. The fourth-order valence-electron chi connectivity index (χ4n) is 3.98. The smallest absolute Gasteiger partial charge is 0.313 e. The molecule has 2 aromatic carbocycles. The van der Waals surface area contributed by atoms with Gasteiger partial charge in [0, 0.05) is 29.6 Å². The highest BCUT2D eigenvalue weighted by Crippen LogP contribution is 2.35. The molecule has 30 heavy (non-hydrogen) atoms. The number of hydrogen-bond acceptors (Lipinski definition) is 4. The maximum atomic E-state index is 12.6. The molecule has 0 bridgehead atoms. The van der Waals surface area contributed by atoms with Crippen molar-refractivity contribution in [3.63, 3.8) is 0 Å². The highest BCUT2D eigenvalue weighted by atomic mass is 16.5. The number of fused-ring (bicyclic) bond motifs is 1. The Morgan fingerprint density at radius 1 is 1.13 bits per heavy atom. The Morgan fingerprint density at radius 3 is 2.50 bits per heavy atom. The van der Waals surface area contributed by atoms with Crippen LogP contribution in [-0.2, 0) is 32.1 Å². The van der Waals surface area contributed by atoms with Gasteiger partial charge >= 0.3 is 5.97 Å². The van der Waals surface area contributed by atoms with Crippen LogP contribution in [0.4, 0.5) is 0 Å². The molecule has 3 aromatic rings. The topological polar surface area (TPSA) is 91.4 Å². The molecule has 0 radical (unpaired) electrons. The van der Waals surface area contributed by atoms with Crippen LogP contribution in [0.1, 0.15) is 41.6 Å². The maximum Gasteiger partial charge on any atom is 0.313 e. The molecule has 1 atom stereocenters. The van der Waals surface area contributed by atoms with E-state index in [0.29, 0.717) is 12.1 Å². The van der Waals surface area contributed by atoms with Gasteiger partial charge < -0.3 is 19.8 Å². The van der Waals surface area contributed by atoms with E-state index in [4.69, 9.17) is 10.5 Å². The third-order valence-corrected chi connectivity index (χ3v) is 5.32. The number of esters is 1.